The Morgan fingerprint density at radius 1 is 1.58 bits per heavy atom. The molecule has 0 amide bonds. The van der Waals surface area contributed by atoms with Crippen LogP contribution in [0.5, 0.6) is 0 Å². The van der Waals surface area contributed by atoms with Crippen LogP contribution in [-0.2, 0) is 10.3 Å². The SMILES string of the molecule is CC(C)(N=C=O)c1cccnc1. The number of aromatic nitrogens is 1. The molecule has 0 unspecified atom stereocenters. The number of isocyanates is 1. The lowest BCUT2D eigenvalue weighted by molar-refractivity contribution is 0.521. The number of carbonyl (C=O) groups excluding carboxylic acids is 1. The van der Waals surface area contributed by atoms with Crippen molar-refractivity contribution >= 4 is 6.08 Å². The molecule has 0 radical (unpaired) electrons. The van der Waals surface area contributed by atoms with Gasteiger partial charge in [0.2, 0.25) is 6.08 Å². The van der Waals surface area contributed by atoms with Crippen LogP contribution < -0.4 is 0 Å². The molecule has 3 nitrogen and oxygen atoms in total. The van der Waals surface area contributed by atoms with Crippen LogP contribution in [0.15, 0.2) is 29.5 Å². The van der Waals surface area contributed by atoms with Crippen molar-refractivity contribution in [2.24, 2.45) is 4.99 Å². The molecular weight excluding hydrogens is 152 g/mol. The van der Waals surface area contributed by atoms with Crippen LogP contribution in [0.4, 0.5) is 0 Å². The second kappa shape index (κ2) is 3.28. The number of aliphatic imine (C=N–C) groups is 1. The summed E-state index contributed by atoms with van der Waals surface area (Å²) in [7, 11) is 0. The Labute approximate surface area is 71.2 Å². The van der Waals surface area contributed by atoms with Gasteiger partial charge in [0.1, 0.15) is 0 Å². The summed E-state index contributed by atoms with van der Waals surface area (Å²) in [6, 6.07) is 3.70. The number of rotatable bonds is 2. The zero-order chi connectivity index (χ0) is 9.03. The maximum absolute atomic E-state index is 10.1. The first-order chi connectivity index (χ1) is 5.67. The summed E-state index contributed by atoms with van der Waals surface area (Å²) < 4.78 is 0. The van der Waals surface area contributed by atoms with Gasteiger partial charge in [-0.15, -0.1) is 0 Å². The number of nitrogens with zero attached hydrogens (tertiary/aromatic N) is 2. The van der Waals surface area contributed by atoms with E-state index in [0.717, 1.165) is 5.56 Å². The van der Waals surface area contributed by atoms with Crippen molar-refractivity contribution in [1.29, 1.82) is 0 Å². The quantitative estimate of drug-likeness (QED) is 0.490. The Balaban J connectivity index is 3.05. The maximum Gasteiger partial charge on any atom is 0.235 e. The molecule has 0 saturated heterocycles. The van der Waals surface area contributed by atoms with E-state index in [1.54, 1.807) is 18.5 Å². The summed E-state index contributed by atoms with van der Waals surface area (Å²) in [6.07, 6.45) is 4.93. The first-order valence-corrected chi connectivity index (χ1v) is 3.66. The zero-order valence-corrected chi connectivity index (χ0v) is 7.11. The molecule has 0 aliphatic heterocycles. The van der Waals surface area contributed by atoms with Crippen LogP contribution in [0.1, 0.15) is 19.4 Å². The van der Waals surface area contributed by atoms with E-state index in [2.05, 4.69) is 9.98 Å². The van der Waals surface area contributed by atoms with E-state index < -0.39 is 5.54 Å². The predicted octanol–water partition coefficient (Wildman–Crippen LogP) is 1.65. The van der Waals surface area contributed by atoms with Crippen LogP contribution >= 0.6 is 0 Å². The minimum atomic E-state index is -0.518. The van der Waals surface area contributed by atoms with E-state index in [-0.39, 0.29) is 0 Å². The lowest BCUT2D eigenvalue weighted by Gasteiger charge is -2.16. The first-order valence-electron chi connectivity index (χ1n) is 3.66. The van der Waals surface area contributed by atoms with E-state index in [1.165, 1.54) is 0 Å². The van der Waals surface area contributed by atoms with Crippen molar-refractivity contribution in [3.8, 4) is 0 Å². The third-order valence-electron chi connectivity index (χ3n) is 1.69. The molecule has 1 aromatic rings. The lowest BCUT2D eigenvalue weighted by atomic mass is 9.97. The van der Waals surface area contributed by atoms with Gasteiger partial charge in [0, 0.05) is 12.4 Å². The topological polar surface area (TPSA) is 42.3 Å². The first kappa shape index (κ1) is 8.62. The largest absolute Gasteiger partial charge is 0.264 e. The highest BCUT2D eigenvalue weighted by Gasteiger charge is 2.18. The zero-order valence-electron chi connectivity index (χ0n) is 7.11. The summed E-state index contributed by atoms with van der Waals surface area (Å²) in [5, 5.41) is 0. The Kier molecular flexibility index (Phi) is 2.36. The van der Waals surface area contributed by atoms with Gasteiger partial charge in [0.05, 0.1) is 5.54 Å². The van der Waals surface area contributed by atoms with Gasteiger partial charge >= 0.3 is 0 Å². The van der Waals surface area contributed by atoms with Crippen molar-refractivity contribution < 1.29 is 4.79 Å². The van der Waals surface area contributed by atoms with Gasteiger partial charge < -0.3 is 0 Å². The number of hydrogen-bond donors (Lipinski definition) is 0. The van der Waals surface area contributed by atoms with E-state index in [9.17, 15) is 4.79 Å². The van der Waals surface area contributed by atoms with Gasteiger partial charge in [0.15, 0.2) is 0 Å². The highest BCUT2D eigenvalue weighted by Crippen LogP contribution is 2.22. The normalized spacial score (nSPS) is 10.5. The molecule has 0 aromatic carbocycles. The Morgan fingerprint density at radius 2 is 2.33 bits per heavy atom. The highest BCUT2D eigenvalue weighted by molar-refractivity contribution is 5.36. The van der Waals surface area contributed by atoms with Gasteiger partial charge in [-0.05, 0) is 25.5 Å². The third kappa shape index (κ3) is 1.77. The number of hydrogen-bond acceptors (Lipinski definition) is 3. The Morgan fingerprint density at radius 3 is 2.83 bits per heavy atom. The van der Waals surface area contributed by atoms with Crippen LogP contribution in [-0.4, -0.2) is 11.1 Å². The van der Waals surface area contributed by atoms with Gasteiger partial charge in [-0.3, -0.25) is 4.98 Å². The average molecular weight is 162 g/mol. The van der Waals surface area contributed by atoms with Crippen LogP contribution in [0.2, 0.25) is 0 Å². The molecule has 62 valence electrons. The van der Waals surface area contributed by atoms with Crippen LogP contribution in [0.3, 0.4) is 0 Å². The van der Waals surface area contributed by atoms with Crippen molar-refractivity contribution in [2.75, 3.05) is 0 Å². The van der Waals surface area contributed by atoms with Crippen molar-refractivity contribution in [3.63, 3.8) is 0 Å². The molecule has 0 atom stereocenters. The second-order valence-electron chi connectivity index (χ2n) is 3.00. The second-order valence-corrected chi connectivity index (χ2v) is 3.00. The third-order valence-corrected chi connectivity index (χ3v) is 1.69. The molecule has 1 rings (SSSR count). The molecule has 0 fully saturated rings. The van der Waals surface area contributed by atoms with Crippen LogP contribution in [0.25, 0.3) is 0 Å². The minimum absolute atomic E-state index is 0.518. The van der Waals surface area contributed by atoms with Crippen molar-refractivity contribution in [2.45, 2.75) is 19.4 Å². The monoisotopic (exact) mass is 162 g/mol. The molecule has 0 spiro atoms. The van der Waals surface area contributed by atoms with E-state index in [1.807, 2.05) is 26.0 Å². The molecular formula is C9H10N2O. The fourth-order valence-electron chi connectivity index (χ4n) is 0.903. The molecule has 1 aromatic heterocycles. The summed E-state index contributed by atoms with van der Waals surface area (Å²) in [5.74, 6) is 0. The van der Waals surface area contributed by atoms with E-state index in [4.69, 9.17) is 0 Å². The lowest BCUT2D eigenvalue weighted by Crippen LogP contribution is -2.13. The molecule has 0 bridgehead atoms. The molecule has 0 aliphatic carbocycles. The van der Waals surface area contributed by atoms with Crippen LogP contribution in [0, 0.1) is 0 Å². The molecule has 0 aliphatic rings. The summed E-state index contributed by atoms with van der Waals surface area (Å²) in [4.78, 5) is 17.7. The molecule has 12 heavy (non-hydrogen) atoms. The fraction of sp³-hybridized carbons (Fsp3) is 0.333. The predicted molar refractivity (Wildman–Crippen MR) is 45.4 cm³/mol. The number of pyridine rings is 1. The van der Waals surface area contributed by atoms with Gasteiger partial charge in [-0.25, -0.2) is 4.79 Å². The Hall–Kier alpha value is -1.47. The summed E-state index contributed by atoms with van der Waals surface area (Å²) in [5.41, 5.74) is 0.393. The minimum Gasteiger partial charge on any atom is -0.264 e. The molecule has 3 heteroatoms. The van der Waals surface area contributed by atoms with Crippen molar-refractivity contribution in [3.05, 3.63) is 30.1 Å². The van der Waals surface area contributed by atoms with Gasteiger partial charge in [0.25, 0.3) is 0 Å². The maximum atomic E-state index is 10.1. The van der Waals surface area contributed by atoms with Gasteiger partial charge in [-0.2, -0.15) is 4.99 Å². The molecule has 1 heterocycles. The van der Waals surface area contributed by atoms with Crippen molar-refractivity contribution in [1.82, 2.24) is 4.98 Å². The fourth-order valence-corrected chi connectivity index (χ4v) is 0.903. The standard InChI is InChI=1S/C9H10N2O/c1-9(2,11-7-12)8-4-3-5-10-6-8/h3-6H,1-2H3. The summed E-state index contributed by atoms with van der Waals surface area (Å²) >= 11 is 0. The summed E-state index contributed by atoms with van der Waals surface area (Å²) in [6.45, 7) is 3.68. The molecule has 0 N–H and O–H groups in total. The smallest absolute Gasteiger partial charge is 0.235 e. The Bertz CT molecular complexity index is 300. The van der Waals surface area contributed by atoms with E-state index in [0.29, 0.717) is 0 Å². The average Bonchev–Trinajstić information content (AvgIpc) is 2.06. The van der Waals surface area contributed by atoms with Gasteiger partial charge in [-0.1, -0.05) is 6.07 Å². The van der Waals surface area contributed by atoms with E-state index >= 15 is 0 Å². The highest BCUT2D eigenvalue weighted by atomic mass is 16.1. The molecule has 0 saturated carbocycles.